The van der Waals surface area contributed by atoms with Gasteiger partial charge in [0.2, 0.25) is 5.43 Å². The molecule has 0 saturated heterocycles. The van der Waals surface area contributed by atoms with Gasteiger partial charge in [-0.05, 0) is 12.1 Å². The van der Waals surface area contributed by atoms with Crippen LogP contribution < -0.4 is 10.2 Å². The predicted molar refractivity (Wildman–Crippen MR) is 69.4 cm³/mol. The predicted octanol–water partition coefficient (Wildman–Crippen LogP) is 0.793. The fourth-order valence-corrected chi connectivity index (χ4v) is 2.01. The van der Waals surface area contributed by atoms with Crippen molar-refractivity contribution in [3.63, 3.8) is 0 Å². The van der Waals surface area contributed by atoms with Gasteiger partial charge in [-0.2, -0.15) is 0 Å². The number of nitrogens with zero attached hydrogens (tertiary/aromatic N) is 1. The minimum Gasteiger partial charge on any atom is -0.495 e. The molecule has 2 aromatic rings. The molecule has 0 aliphatic heterocycles. The van der Waals surface area contributed by atoms with E-state index in [0.717, 1.165) is 6.20 Å². The monoisotopic (exact) mass is 277 g/mol. The maximum absolute atomic E-state index is 12.1. The highest BCUT2D eigenvalue weighted by atomic mass is 16.5. The lowest BCUT2D eigenvalue weighted by Crippen LogP contribution is -2.21. The highest BCUT2D eigenvalue weighted by Crippen LogP contribution is 2.23. The van der Waals surface area contributed by atoms with Crippen LogP contribution in [0.15, 0.2) is 29.2 Å². The van der Waals surface area contributed by atoms with Gasteiger partial charge in [-0.1, -0.05) is 6.07 Å². The number of carboxylic acid groups (broad SMARTS) is 2. The number of rotatable bonds is 4. The number of methoxy groups -OCH3 is 1. The van der Waals surface area contributed by atoms with Gasteiger partial charge in [0, 0.05) is 6.20 Å². The first kappa shape index (κ1) is 13.6. The third-order valence-corrected chi connectivity index (χ3v) is 2.82. The van der Waals surface area contributed by atoms with E-state index in [1.807, 2.05) is 0 Å². The molecule has 20 heavy (non-hydrogen) atoms. The van der Waals surface area contributed by atoms with Crippen molar-refractivity contribution in [2.24, 2.45) is 0 Å². The third-order valence-electron chi connectivity index (χ3n) is 2.82. The first-order valence-corrected chi connectivity index (χ1v) is 5.61. The van der Waals surface area contributed by atoms with E-state index in [0.29, 0.717) is 5.75 Å². The van der Waals surface area contributed by atoms with Crippen molar-refractivity contribution in [1.29, 1.82) is 0 Å². The third kappa shape index (κ3) is 2.20. The van der Waals surface area contributed by atoms with Crippen molar-refractivity contribution in [2.45, 2.75) is 6.54 Å². The molecule has 0 atom stereocenters. The zero-order chi connectivity index (χ0) is 14.9. The number of benzene rings is 1. The molecule has 7 nitrogen and oxygen atoms in total. The van der Waals surface area contributed by atoms with Gasteiger partial charge in [-0.15, -0.1) is 0 Å². The van der Waals surface area contributed by atoms with Gasteiger partial charge in [0.05, 0.1) is 18.0 Å². The van der Waals surface area contributed by atoms with Crippen molar-refractivity contribution < 1.29 is 24.5 Å². The summed E-state index contributed by atoms with van der Waals surface area (Å²) < 4.78 is 6.29. The molecule has 1 aromatic heterocycles. The number of ether oxygens (including phenoxy) is 1. The molecule has 0 unspecified atom stereocenters. The molecule has 1 aromatic carbocycles. The first-order chi connectivity index (χ1) is 9.45. The van der Waals surface area contributed by atoms with E-state index in [1.54, 1.807) is 12.1 Å². The van der Waals surface area contributed by atoms with Gasteiger partial charge < -0.3 is 19.5 Å². The normalized spacial score (nSPS) is 10.4. The Labute approximate surface area is 112 Å². The number of aliphatic carboxylic acids is 1. The highest BCUT2D eigenvalue weighted by Gasteiger charge is 2.17. The standard InChI is InChI=1S/C13H11NO6/c1-20-9-4-2-3-7-11(9)14(6-10(15)16)5-8(12(7)17)13(18)19/h2-5H,6H2,1H3,(H,15,16)(H,18,19). The summed E-state index contributed by atoms with van der Waals surface area (Å²) in [4.78, 5) is 34.0. The van der Waals surface area contributed by atoms with Crippen LogP contribution in [-0.2, 0) is 11.3 Å². The summed E-state index contributed by atoms with van der Waals surface area (Å²) in [6.45, 7) is -0.475. The lowest BCUT2D eigenvalue weighted by molar-refractivity contribution is -0.137. The maximum atomic E-state index is 12.1. The Hall–Kier alpha value is -2.83. The minimum absolute atomic E-state index is 0.102. The van der Waals surface area contributed by atoms with E-state index in [9.17, 15) is 14.4 Å². The zero-order valence-corrected chi connectivity index (χ0v) is 10.5. The number of aromatic nitrogens is 1. The average molecular weight is 277 g/mol. The van der Waals surface area contributed by atoms with Crippen LogP contribution in [0.2, 0.25) is 0 Å². The molecule has 0 aliphatic carbocycles. The smallest absolute Gasteiger partial charge is 0.341 e. The van der Waals surface area contributed by atoms with Gasteiger partial charge in [0.15, 0.2) is 0 Å². The summed E-state index contributed by atoms with van der Waals surface area (Å²) in [6, 6.07) is 4.55. The second kappa shape index (κ2) is 5.04. The first-order valence-electron chi connectivity index (χ1n) is 5.61. The van der Waals surface area contributed by atoms with Crippen LogP contribution in [0.5, 0.6) is 5.75 Å². The molecule has 0 bridgehead atoms. The molecular weight excluding hydrogens is 266 g/mol. The Bertz CT molecular complexity index is 761. The van der Waals surface area contributed by atoms with Crippen molar-refractivity contribution in [3.05, 3.63) is 40.2 Å². The van der Waals surface area contributed by atoms with Crippen LogP contribution in [0.3, 0.4) is 0 Å². The summed E-state index contributed by atoms with van der Waals surface area (Å²) in [6.07, 6.45) is 1.02. The van der Waals surface area contributed by atoms with Crippen molar-refractivity contribution >= 4 is 22.8 Å². The molecule has 2 rings (SSSR count). The van der Waals surface area contributed by atoms with Crippen molar-refractivity contribution in [2.75, 3.05) is 7.11 Å². The lowest BCUT2D eigenvalue weighted by Gasteiger charge is -2.13. The maximum Gasteiger partial charge on any atom is 0.341 e. The van der Waals surface area contributed by atoms with Crippen LogP contribution in [-0.4, -0.2) is 33.8 Å². The molecule has 1 heterocycles. The number of carbonyl (C=O) groups is 2. The molecule has 0 fully saturated rings. The molecular formula is C13H11NO6. The Morgan fingerprint density at radius 3 is 2.55 bits per heavy atom. The summed E-state index contributed by atoms with van der Waals surface area (Å²) in [5, 5.41) is 18.0. The minimum atomic E-state index is -1.40. The number of carboxylic acids is 2. The average Bonchev–Trinajstić information content (AvgIpc) is 2.40. The Morgan fingerprint density at radius 2 is 2.00 bits per heavy atom. The number of hydrogen-bond donors (Lipinski definition) is 2. The lowest BCUT2D eigenvalue weighted by atomic mass is 10.1. The van der Waals surface area contributed by atoms with E-state index >= 15 is 0 Å². The largest absolute Gasteiger partial charge is 0.495 e. The summed E-state index contributed by atoms with van der Waals surface area (Å²) in [5.41, 5.74) is -0.896. The molecule has 7 heteroatoms. The molecule has 0 saturated carbocycles. The van der Waals surface area contributed by atoms with E-state index in [1.165, 1.54) is 17.7 Å². The van der Waals surface area contributed by atoms with Gasteiger partial charge in [0.25, 0.3) is 0 Å². The van der Waals surface area contributed by atoms with Gasteiger partial charge in [-0.25, -0.2) is 4.79 Å². The quantitative estimate of drug-likeness (QED) is 0.856. The summed E-state index contributed by atoms with van der Waals surface area (Å²) >= 11 is 0. The molecule has 2 N–H and O–H groups in total. The van der Waals surface area contributed by atoms with Crippen molar-refractivity contribution in [1.82, 2.24) is 4.57 Å². The second-order valence-electron chi connectivity index (χ2n) is 4.06. The van der Waals surface area contributed by atoms with Gasteiger partial charge >= 0.3 is 11.9 Å². The molecule has 0 radical (unpaired) electrons. The van der Waals surface area contributed by atoms with E-state index in [-0.39, 0.29) is 10.9 Å². The number of pyridine rings is 1. The van der Waals surface area contributed by atoms with Crippen LogP contribution in [0, 0.1) is 0 Å². The molecule has 0 aliphatic rings. The zero-order valence-electron chi connectivity index (χ0n) is 10.5. The van der Waals surface area contributed by atoms with Crippen LogP contribution >= 0.6 is 0 Å². The van der Waals surface area contributed by atoms with Crippen LogP contribution in [0.4, 0.5) is 0 Å². The molecule has 104 valence electrons. The number of hydrogen-bond acceptors (Lipinski definition) is 4. The Balaban J connectivity index is 2.93. The van der Waals surface area contributed by atoms with Gasteiger partial charge in [0.1, 0.15) is 17.9 Å². The number of aromatic carboxylic acids is 1. The molecule has 0 spiro atoms. The second-order valence-corrected chi connectivity index (χ2v) is 4.06. The van der Waals surface area contributed by atoms with E-state index < -0.39 is 29.5 Å². The summed E-state index contributed by atoms with van der Waals surface area (Å²) in [7, 11) is 1.38. The fraction of sp³-hybridized carbons (Fsp3) is 0.154. The SMILES string of the molecule is COc1cccc2c(=O)c(C(=O)O)cn(CC(=O)O)c12. The number of fused-ring (bicyclic) bond motifs is 1. The number of para-hydroxylation sites is 1. The fourth-order valence-electron chi connectivity index (χ4n) is 2.01. The topological polar surface area (TPSA) is 106 Å². The highest BCUT2D eigenvalue weighted by molar-refractivity contribution is 5.94. The van der Waals surface area contributed by atoms with Crippen LogP contribution in [0.25, 0.3) is 10.9 Å². The van der Waals surface area contributed by atoms with E-state index in [4.69, 9.17) is 14.9 Å². The van der Waals surface area contributed by atoms with Crippen molar-refractivity contribution in [3.8, 4) is 5.75 Å². The van der Waals surface area contributed by atoms with E-state index in [2.05, 4.69) is 0 Å². The van der Waals surface area contributed by atoms with Crippen LogP contribution in [0.1, 0.15) is 10.4 Å². The molecule has 0 amide bonds. The summed E-state index contributed by atoms with van der Waals surface area (Å²) in [5.74, 6) is -2.26. The Kier molecular flexibility index (Phi) is 3.43. The Morgan fingerprint density at radius 1 is 1.30 bits per heavy atom. The van der Waals surface area contributed by atoms with Gasteiger partial charge in [-0.3, -0.25) is 9.59 Å².